The molecule has 3 nitrogen and oxygen atoms in total. The molecule has 1 aromatic rings. The lowest BCUT2D eigenvalue weighted by Gasteiger charge is -2.22. The molecule has 20 heavy (non-hydrogen) atoms. The Morgan fingerprint density at radius 1 is 1.35 bits per heavy atom. The molecule has 1 aromatic carbocycles. The van der Waals surface area contributed by atoms with Crippen LogP contribution in [0.5, 0.6) is 5.75 Å². The number of rotatable bonds is 4. The quantitative estimate of drug-likeness (QED) is 0.845. The molecule has 0 unspecified atom stereocenters. The van der Waals surface area contributed by atoms with Gasteiger partial charge in [0, 0.05) is 10.0 Å². The van der Waals surface area contributed by atoms with E-state index in [1.54, 1.807) is 0 Å². The number of aliphatic hydroxyl groups excluding tert-OH is 1. The second-order valence-electron chi connectivity index (χ2n) is 4.58. The van der Waals surface area contributed by atoms with E-state index in [1.165, 1.54) is 18.2 Å². The zero-order valence-corrected chi connectivity index (χ0v) is 12.6. The first-order valence-electron chi connectivity index (χ1n) is 5.77. The molecule has 0 amide bonds. The molecular formula is C12H14BrClF3NO2. The molecule has 8 heteroatoms. The lowest BCUT2D eigenvalue weighted by Crippen LogP contribution is -2.29. The van der Waals surface area contributed by atoms with E-state index in [9.17, 15) is 18.3 Å². The molecule has 2 atom stereocenters. The van der Waals surface area contributed by atoms with Gasteiger partial charge in [0.25, 0.3) is 0 Å². The van der Waals surface area contributed by atoms with Crippen molar-refractivity contribution >= 4 is 28.3 Å². The molecule has 0 spiro atoms. The van der Waals surface area contributed by atoms with Crippen LogP contribution in [0.25, 0.3) is 0 Å². The van der Waals surface area contributed by atoms with Gasteiger partial charge in [-0.2, -0.15) is 0 Å². The Morgan fingerprint density at radius 3 is 2.45 bits per heavy atom. The Kier molecular flexibility index (Phi) is 5.71. The van der Waals surface area contributed by atoms with E-state index in [0.717, 1.165) is 12.8 Å². The van der Waals surface area contributed by atoms with E-state index >= 15 is 0 Å². The second kappa shape index (κ2) is 6.51. The highest BCUT2D eigenvalue weighted by Crippen LogP contribution is 2.40. The summed E-state index contributed by atoms with van der Waals surface area (Å²) in [5, 5.41) is 9.95. The molecule has 114 valence electrons. The molecule has 2 rings (SSSR count). The van der Waals surface area contributed by atoms with E-state index in [1.807, 2.05) is 0 Å². The third-order valence-corrected chi connectivity index (χ3v) is 3.52. The summed E-state index contributed by atoms with van der Waals surface area (Å²) < 4.78 is 41.5. The van der Waals surface area contributed by atoms with Gasteiger partial charge < -0.3 is 15.6 Å². The maximum Gasteiger partial charge on any atom is 0.573 e. The van der Waals surface area contributed by atoms with Gasteiger partial charge in [0.1, 0.15) is 5.75 Å². The normalized spacial score (nSPS) is 18.1. The average molecular weight is 377 g/mol. The lowest BCUT2D eigenvalue weighted by molar-refractivity contribution is -0.275. The number of aliphatic hydroxyl groups is 1. The lowest BCUT2D eigenvalue weighted by atomic mass is 9.98. The zero-order chi connectivity index (χ0) is 14.2. The van der Waals surface area contributed by atoms with Crippen LogP contribution in [0.4, 0.5) is 13.2 Å². The van der Waals surface area contributed by atoms with Gasteiger partial charge in [-0.3, -0.25) is 0 Å². The molecule has 1 saturated carbocycles. The SMILES string of the molecule is Cl.N[C@H](c1cc(Br)ccc1OC(F)(F)F)[C@@H](O)C1CC1. The average Bonchev–Trinajstić information content (AvgIpc) is 3.12. The number of nitrogens with two attached hydrogens (primary N) is 1. The first-order chi connectivity index (χ1) is 8.78. The highest BCUT2D eigenvalue weighted by atomic mass is 79.9. The van der Waals surface area contributed by atoms with E-state index in [-0.39, 0.29) is 29.6 Å². The predicted octanol–water partition coefficient (Wildman–Crippen LogP) is 3.54. The molecule has 3 N–H and O–H groups in total. The minimum atomic E-state index is -4.78. The Bertz CT molecular complexity index is 469. The Balaban J connectivity index is 0.00000200. The smallest absolute Gasteiger partial charge is 0.405 e. The van der Waals surface area contributed by atoms with Crippen molar-refractivity contribution in [2.75, 3.05) is 0 Å². The Hall–Kier alpha value is -0.500. The van der Waals surface area contributed by atoms with Gasteiger partial charge in [-0.05, 0) is 37.0 Å². The summed E-state index contributed by atoms with van der Waals surface area (Å²) in [6, 6.07) is 3.16. The predicted molar refractivity (Wildman–Crippen MR) is 73.7 cm³/mol. The molecule has 0 aromatic heterocycles. The highest BCUT2D eigenvalue weighted by Gasteiger charge is 2.37. The number of benzene rings is 1. The van der Waals surface area contributed by atoms with Gasteiger partial charge >= 0.3 is 6.36 Å². The van der Waals surface area contributed by atoms with Crippen LogP contribution in [0.1, 0.15) is 24.4 Å². The highest BCUT2D eigenvalue weighted by molar-refractivity contribution is 9.10. The van der Waals surface area contributed by atoms with Crippen molar-refractivity contribution in [2.45, 2.75) is 31.3 Å². The Morgan fingerprint density at radius 2 is 1.95 bits per heavy atom. The van der Waals surface area contributed by atoms with Gasteiger partial charge in [0.15, 0.2) is 0 Å². The summed E-state index contributed by atoms with van der Waals surface area (Å²) >= 11 is 3.17. The summed E-state index contributed by atoms with van der Waals surface area (Å²) in [4.78, 5) is 0. The van der Waals surface area contributed by atoms with Gasteiger partial charge in [-0.1, -0.05) is 15.9 Å². The molecule has 0 aliphatic heterocycles. The first kappa shape index (κ1) is 17.6. The zero-order valence-electron chi connectivity index (χ0n) is 10.2. The van der Waals surface area contributed by atoms with E-state index in [4.69, 9.17) is 5.73 Å². The first-order valence-corrected chi connectivity index (χ1v) is 6.56. The molecule has 1 aliphatic rings. The molecule has 0 heterocycles. The summed E-state index contributed by atoms with van der Waals surface area (Å²) in [6.07, 6.45) is -3.95. The van der Waals surface area contributed by atoms with Crippen LogP contribution in [0.15, 0.2) is 22.7 Å². The molecule has 0 bridgehead atoms. The fourth-order valence-electron chi connectivity index (χ4n) is 1.91. The van der Waals surface area contributed by atoms with Crippen LogP contribution in [0.3, 0.4) is 0 Å². The van der Waals surface area contributed by atoms with Gasteiger partial charge in [0.2, 0.25) is 0 Å². The van der Waals surface area contributed by atoms with Crippen molar-refractivity contribution < 1.29 is 23.0 Å². The number of alkyl halides is 3. The molecule has 1 aliphatic carbocycles. The maximum absolute atomic E-state index is 12.3. The van der Waals surface area contributed by atoms with E-state index < -0.39 is 18.5 Å². The van der Waals surface area contributed by atoms with E-state index in [0.29, 0.717) is 4.47 Å². The van der Waals surface area contributed by atoms with Crippen LogP contribution in [0.2, 0.25) is 0 Å². The summed E-state index contributed by atoms with van der Waals surface area (Å²) in [5.41, 5.74) is 5.99. The number of hydrogen-bond acceptors (Lipinski definition) is 3. The van der Waals surface area contributed by atoms with Crippen LogP contribution in [-0.2, 0) is 0 Å². The standard InChI is InChI=1S/C12H13BrF3NO2.ClH/c13-7-3-4-9(19-12(14,15)16)8(5-7)10(17)11(18)6-1-2-6;/h3-6,10-11,18H,1-2,17H2;1H/t10-,11+;/m1./s1. The van der Waals surface area contributed by atoms with Crippen molar-refractivity contribution in [3.8, 4) is 5.75 Å². The van der Waals surface area contributed by atoms with Crippen LogP contribution in [-0.4, -0.2) is 17.6 Å². The summed E-state index contributed by atoms with van der Waals surface area (Å²) in [5.74, 6) is -0.310. The number of hydrogen-bond donors (Lipinski definition) is 2. The third kappa shape index (κ3) is 4.51. The van der Waals surface area contributed by atoms with Gasteiger partial charge in [-0.15, -0.1) is 25.6 Å². The molecular weight excluding hydrogens is 362 g/mol. The maximum atomic E-state index is 12.3. The largest absolute Gasteiger partial charge is 0.573 e. The summed E-state index contributed by atoms with van der Waals surface area (Å²) in [6.45, 7) is 0. The second-order valence-corrected chi connectivity index (χ2v) is 5.50. The fraction of sp³-hybridized carbons (Fsp3) is 0.500. The monoisotopic (exact) mass is 375 g/mol. The topological polar surface area (TPSA) is 55.5 Å². The van der Waals surface area contributed by atoms with Crippen molar-refractivity contribution in [1.82, 2.24) is 0 Å². The van der Waals surface area contributed by atoms with Crippen molar-refractivity contribution in [2.24, 2.45) is 11.7 Å². The fourth-order valence-corrected chi connectivity index (χ4v) is 2.29. The molecule has 1 fully saturated rings. The van der Waals surface area contributed by atoms with Crippen molar-refractivity contribution in [3.63, 3.8) is 0 Å². The number of halogens is 5. The minimum absolute atomic E-state index is 0. The van der Waals surface area contributed by atoms with Crippen LogP contribution >= 0.6 is 28.3 Å². The van der Waals surface area contributed by atoms with Crippen LogP contribution < -0.4 is 10.5 Å². The molecule has 0 saturated heterocycles. The van der Waals surface area contributed by atoms with Crippen LogP contribution in [0, 0.1) is 5.92 Å². The Labute approximate surface area is 128 Å². The summed E-state index contributed by atoms with van der Waals surface area (Å²) in [7, 11) is 0. The minimum Gasteiger partial charge on any atom is -0.405 e. The number of ether oxygens (including phenoxy) is 1. The van der Waals surface area contributed by atoms with Crippen molar-refractivity contribution in [3.05, 3.63) is 28.2 Å². The third-order valence-electron chi connectivity index (χ3n) is 3.03. The van der Waals surface area contributed by atoms with Gasteiger partial charge in [-0.25, -0.2) is 0 Å². The molecule has 0 radical (unpaired) electrons. The van der Waals surface area contributed by atoms with Gasteiger partial charge in [0.05, 0.1) is 12.1 Å². The van der Waals surface area contributed by atoms with E-state index in [2.05, 4.69) is 20.7 Å². The van der Waals surface area contributed by atoms with Crippen molar-refractivity contribution in [1.29, 1.82) is 0 Å².